The Hall–Kier alpha value is -0.570. The first kappa shape index (κ1) is 10.9. The molecule has 2 rings (SSSR count). The largest absolute Gasteiger partial charge is 0.387 e. The average molecular weight is 226 g/mol. The lowest BCUT2D eigenvalue weighted by molar-refractivity contribution is 0.174. The van der Waals surface area contributed by atoms with Crippen molar-refractivity contribution in [3.63, 3.8) is 0 Å². The van der Waals surface area contributed by atoms with Gasteiger partial charge < -0.3 is 10.4 Å². The van der Waals surface area contributed by atoms with Crippen LogP contribution in [-0.2, 0) is 0 Å². The molecule has 82 valence electrons. The quantitative estimate of drug-likeness (QED) is 0.807. The van der Waals surface area contributed by atoms with Gasteiger partial charge in [-0.3, -0.25) is 0 Å². The zero-order valence-corrected chi connectivity index (χ0v) is 9.37. The Morgan fingerprint density at radius 3 is 2.60 bits per heavy atom. The van der Waals surface area contributed by atoms with E-state index in [1.165, 1.54) is 12.8 Å². The minimum atomic E-state index is -0.430. The van der Waals surface area contributed by atoms with Gasteiger partial charge in [-0.1, -0.05) is 23.7 Å². The SMILES string of the molecule is OC(CNCC1CC1)c1ccc(Cl)cc1. The maximum atomic E-state index is 9.84. The third-order valence-corrected chi connectivity index (χ3v) is 2.97. The van der Waals surface area contributed by atoms with Gasteiger partial charge in [-0.05, 0) is 43.0 Å². The molecule has 0 spiro atoms. The highest BCUT2D eigenvalue weighted by Crippen LogP contribution is 2.27. The van der Waals surface area contributed by atoms with Crippen molar-refractivity contribution in [1.29, 1.82) is 0 Å². The Balaban J connectivity index is 1.78. The molecule has 1 aromatic carbocycles. The van der Waals surface area contributed by atoms with Gasteiger partial charge in [0.05, 0.1) is 6.10 Å². The Morgan fingerprint density at radius 1 is 1.33 bits per heavy atom. The van der Waals surface area contributed by atoms with E-state index >= 15 is 0 Å². The lowest BCUT2D eigenvalue weighted by Gasteiger charge is -2.11. The zero-order chi connectivity index (χ0) is 10.7. The summed E-state index contributed by atoms with van der Waals surface area (Å²) >= 11 is 5.77. The van der Waals surface area contributed by atoms with E-state index in [0.717, 1.165) is 18.0 Å². The third kappa shape index (κ3) is 3.49. The molecule has 1 atom stereocenters. The zero-order valence-electron chi connectivity index (χ0n) is 8.62. The summed E-state index contributed by atoms with van der Waals surface area (Å²) in [6, 6.07) is 7.35. The van der Waals surface area contributed by atoms with Gasteiger partial charge in [0.1, 0.15) is 0 Å². The van der Waals surface area contributed by atoms with Gasteiger partial charge in [-0.15, -0.1) is 0 Å². The Morgan fingerprint density at radius 2 is 2.00 bits per heavy atom. The molecule has 0 bridgehead atoms. The highest BCUT2D eigenvalue weighted by molar-refractivity contribution is 6.30. The molecule has 0 saturated heterocycles. The van der Waals surface area contributed by atoms with Gasteiger partial charge in [0, 0.05) is 11.6 Å². The van der Waals surface area contributed by atoms with Crippen molar-refractivity contribution in [3.05, 3.63) is 34.9 Å². The van der Waals surface area contributed by atoms with Gasteiger partial charge in [0.2, 0.25) is 0 Å². The second-order valence-electron chi connectivity index (χ2n) is 4.17. The van der Waals surface area contributed by atoms with Crippen molar-refractivity contribution in [2.75, 3.05) is 13.1 Å². The van der Waals surface area contributed by atoms with Crippen LogP contribution < -0.4 is 5.32 Å². The molecule has 1 unspecified atom stereocenters. The van der Waals surface area contributed by atoms with E-state index in [1.54, 1.807) is 12.1 Å². The molecule has 1 aromatic rings. The fraction of sp³-hybridized carbons (Fsp3) is 0.500. The van der Waals surface area contributed by atoms with Crippen LogP contribution in [-0.4, -0.2) is 18.2 Å². The monoisotopic (exact) mass is 225 g/mol. The summed E-state index contributed by atoms with van der Waals surface area (Å²) in [5.41, 5.74) is 0.919. The number of hydrogen-bond acceptors (Lipinski definition) is 2. The summed E-state index contributed by atoms with van der Waals surface area (Å²) in [6.07, 6.45) is 2.25. The van der Waals surface area contributed by atoms with Gasteiger partial charge in [-0.25, -0.2) is 0 Å². The van der Waals surface area contributed by atoms with Crippen LogP contribution in [0.2, 0.25) is 5.02 Å². The molecule has 2 nitrogen and oxygen atoms in total. The minimum Gasteiger partial charge on any atom is -0.387 e. The van der Waals surface area contributed by atoms with E-state index in [0.29, 0.717) is 11.6 Å². The van der Waals surface area contributed by atoms with Crippen LogP contribution in [0.25, 0.3) is 0 Å². The molecule has 3 heteroatoms. The van der Waals surface area contributed by atoms with Crippen LogP contribution in [0.5, 0.6) is 0 Å². The number of aliphatic hydroxyl groups excluding tert-OH is 1. The summed E-state index contributed by atoms with van der Waals surface area (Å²) in [5.74, 6) is 0.849. The Labute approximate surface area is 95.3 Å². The van der Waals surface area contributed by atoms with Gasteiger partial charge in [0.25, 0.3) is 0 Å². The molecule has 1 fully saturated rings. The summed E-state index contributed by atoms with van der Waals surface area (Å²) in [5, 5.41) is 13.8. The third-order valence-electron chi connectivity index (χ3n) is 2.72. The lowest BCUT2D eigenvalue weighted by atomic mass is 10.1. The van der Waals surface area contributed by atoms with Crippen molar-refractivity contribution in [1.82, 2.24) is 5.32 Å². The molecule has 1 saturated carbocycles. The van der Waals surface area contributed by atoms with Gasteiger partial charge in [0.15, 0.2) is 0 Å². The van der Waals surface area contributed by atoms with E-state index in [1.807, 2.05) is 12.1 Å². The normalized spacial score (nSPS) is 17.7. The molecule has 0 amide bonds. The second kappa shape index (κ2) is 4.97. The van der Waals surface area contributed by atoms with E-state index in [2.05, 4.69) is 5.32 Å². The van der Waals surface area contributed by atoms with Crippen LogP contribution in [0.3, 0.4) is 0 Å². The maximum absolute atomic E-state index is 9.84. The van der Waals surface area contributed by atoms with Crippen molar-refractivity contribution in [3.8, 4) is 0 Å². The maximum Gasteiger partial charge on any atom is 0.0914 e. The summed E-state index contributed by atoms with van der Waals surface area (Å²) in [7, 11) is 0. The number of aliphatic hydroxyl groups is 1. The van der Waals surface area contributed by atoms with E-state index in [9.17, 15) is 5.11 Å². The molecule has 0 heterocycles. The average Bonchev–Trinajstić information content (AvgIpc) is 3.02. The number of benzene rings is 1. The Kier molecular flexibility index (Phi) is 3.62. The van der Waals surface area contributed by atoms with E-state index in [4.69, 9.17) is 11.6 Å². The minimum absolute atomic E-state index is 0.430. The number of rotatable bonds is 5. The fourth-order valence-electron chi connectivity index (χ4n) is 1.55. The first-order valence-corrected chi connectivity index (χ1v) is 5.78. The topological polar surface area (TPSA) is 32.3 Å². The lowest BCUT2D eigenvalue weighted by Crippen LogP contribution is -2.23. The molecule has 1 aliphatic rings. The predicted octanol–water partition coefficient (Wildman–Crippen LogP) is 2.37. The number of nitrogens with one attached hydrogen (secondary N) is 1. The van der Waals surface area contributed by atoms with Crippen molar-refractivity contribution < 1.29 is 5.11 Å². The number of hydrogen-bond donors (Lipinski definition) is 2. The molecular weight excluding hydrogens is 210 g/mol. The molecule has 2 N–H and O–H groups in total. The smallest absolute Gasteiger partial charge is 0.0914 e. The first-order valence-electron chi connectivity index (χ1n) is 5.40. The number of halogens is 1. The molecule has 0 radical (unpaired) electrons. The van der Waals surface area contributed by atoms with Crippen LogP contribution in [0.4, 0.5) is 0 Å². The Bertz CT molecular complexity index is 308. The van der Waals surface area contributed by atoms with Gasteiger partial charge in [-0.2, -0.15) is 0 Å². The van der Waals surface area contributed by atoms with E-state index in [-0.39, 0.29) is 0 Å². The van der Waals surface area contributed by atoms with Crippen LogP contribution in [0.1, 0.15) is 24.5 Å². The van der Waals surface area contributed by atoms with Gasteiger partial charge >= 0.3 is 0 Å². The van der Waals surface area contributed by atoms with Crippen molar-refractivity contribution in [2.24, 2.45) is 5.92 Å². The summed E-state index contributed by atoms with van der Waals surface area (Å²) < 4.78 is 0. The standard InChI is InChI=1S/C12H16ClNO/c13-11-5-3-10(4-6-11)12(15)8-14-7-9-1-2-9/h3-6,9,12,14-15H,1-2,7-8H2. The van der Waals surface area contributed by atoms with Crippen molar-refractivity contribution in [2.45, 2.75) is 18.9 Å². The van der Waals surface area contributed by atoms with Crippen LogP contribution >= 0.6 is 11.6 Å². The summed E-state index contributed by atoms with van der Waals surface area (Å²) in [4.78, 5) is 0. The molecule has 1 aliphatic carbocycles. The predicted molar refractivity (Wildman–Crippen MR) is 62.0 cm³/mol. The van der Waals surface area contributed by atoms with Crippen LogP contribution in [0, 0.1) is 5.92 Å². The molecule has 0 aromatic heterocycles. The fourth-order valence-corrected chi connectivity index (χ4v) is 1.67. The second-order valence-corrected chi connectivity index (χ2v) is 4.61. The first-order chi connectivity index (χ1) is 7.25. The van der Waals surface area contributed by atoms with E-state index < -0.39 is 6.10 Å². The highest BCUT2D eigenvalue weighted by Gasteiger charge is 2.20. The highest BCUT2D eigenvalue weighted by atomic mass is 35.5. The molecular formula is C12H16ClNO. The molecule has 15 heavy (non-hydrogen) atoms. The molecule has 0 aliphatic heterocycles. The van der Waals surface area contributed by atoms with Crippen LogP contribution in [0.15, 0.2) is 24.3 Å². The summed E-state index contributed by atoms with van der Waals surface area (Å²) in [6.45, 7) is 1.66. The van der Waals surface area contributed by atoms with Crippen molar-refractivity contribution >= 4 is 11.6 Å².